The van der Waals surface area contributed by atoms with E-state index >= 15 is 0 Å². The van der Waals surface area contributed by atoms with Gasteiger partial charge in [0.05, 0.1) is 6.61 Å². The number of aryl methyl sites for hydroxylation is 1. The second kappa shape index (κ2) is 5.65. The van der Waals surface area contributed by atoms with Gasteiger partial charge < -0.3 is 10.5 Å². The highest BCUT2D eigenvalue weighted by Crippen LogP contribution is 2.27. The van der Waals surface area contributed by atoms with Gasteiger partial charge in [-0.05, 0) is 30.5 Å². The molecule has 0 bridgehead atoms. The highest BCUT2D eigenvalue weighted by Gasteiger charge is 2.08. The Bertz CT molecular complexity index is 315. The van der Waals surface area contributed by atoms with Crippen molar-refractivity contribution in [1.82, 2.24) is 0 Å². The van der Waals surface area contributed by atoms with Gasteiger partial charge in [-0.1, -0.05) is 22.0 Å². The van der Waals surface area contributed by atoms with Crippen molar-refractivity contribution in [3.05, 3.63) is 28.2 Å². The first-order valence-electron chi connectivity index (χ1n) is 4.34. The van der Waals surface area contributed by atoms with Crippen LogP contribution in [0.15, 0.2) is 22.7 Å². The third kappa shape index (κ3) is 3.03. The van der Waals surface area contributed by atoms with Crippen molar-refractivity contribution in [3.8, 4) is 5.75 Å². The number of carbonyl (C=O) groups is 1. The molecule has 1 aliphatic heterocycles. The van der Waals surface area contributed by atoms with Crippen LogP contribution in [0.25, 0.3) is 0 Å². The summed E-state index contributed by atoms with van der Waals surface area (Å²) in [5.41, 5.74) is 5.50. The van der Waals surface area contributed by atoms with E-state index in [1.54, 1.807) is 0 Å². The normalized spacial score (nSPS) is 12.9. The number of rotatable bonds is 0. The molecule has 0 fully saturated rings. The molecule has 1 aromatic rings. The number of amides is 1. The summed E-state index contributed by atoms with van der Waals surface area (Å²) in [6, 6.07) is 6.22. The number of benzene rings is 1. The van der Waals surface area contributed by atoms with E-state index in [-0.39, 0.29) is 6.41 Å². The average Bonchev–Trinajstić information content (AvgIpc) is 2.19. The number of halogens is 1. The standard InChI is InChI=1S/C9H9BrO.CH3NO/c10-8-4-3-7-2-1-5-11-9(7)6-8;2-1-3/h3-4,6H,1-2,5H2;1H,(H2,2,3). The maximum absolute atomic E-state index is 8.58. The van der Waals surface area contributed by atoms with Crippen LogP contribution in [0.1, 0.15) is 12.0 Å². The molecule has 0 atom stereocenters. The van der Waals surface area contributed by atoms with E-state index in [4.69, 9.17) is 9.53 Å². The molecule has 0 unspecified atom stereocenters. The van der Waals surface area contributed by atoms with Gasteiger partial charge in [0.1, 0.15) is 5.75 Å². The van der Waals surface area contributed by atoms with Gasteiger partial charge in [-0.15, -0.1) is 0 Å². The summed E-state index contributed by atoms with van der Waals surface area (Å²) in [4.78, 5) is 8.58. The van der Waals surface area contributed by atoms with Gasteiger partial charge in [0, 0.05) is 4.47 Å². The smallest absolute Gasteiger partial charge is 0.204 e. The third-order valence-electron chi connectivity index (χ3n) is 1.88. The van der Waals surface area contributed by atoms with Crippen molar-refractivity contribution in [2.45, 2.75) is 12.8 Å². The van der Waals surface area contributed by atoms with Crippen LogP contribution in [0.3, 0.4) is 0 Å². The Kier molecular flexibility index (Phi) is 4.46. The number of carbonyl (C=O) groups excluding carboxylic acids is 1. The largest absolute Gasteiger partial charge is 0.493 e. The highest BCUT2D eigenvalue weighted by atomic mass is 79.9. The third-order valence-corrected chi connectivity index (χ3v) is 2.37. The second-order valence-electron chi connectivity index (χ2n) is 2.84. The molecule has 76 valence electrons. The van der Waals surface area contributed by atoms with Crippen molar-refractivity contribution in [2.24, 2.45) is 5.73 Å². The van der Waals surface area contributed by atoms with Crippen molar-refractivity contribution in [2.75, 3.05) is 6.61 Å². The minimum absolute atomic E-state index is 0.250. The number of ether oxygens (including phenoxy) is 1. The number of hydrogen-bond donors (Lipinski definition) is 1. The maximum Gasteiger partial charge on any atom is 0.204 e. The van der Waals surface area contributed by atoms with Crippen molar-refractivity contribution in [3.63, 3.8) is 0 Å². The van der Waals surface area contributed by atoms with Crippen LogP contribution < -0.4 is 10.5 Å². The van der Waals surface area contributed by atoms with E-state index in [1.165, 1.54) is 5.56 Å². The minimum Gasteiger partial charge on any atom is -0.493 e. The summed E-state index contributed by atoms with van der Waals surface area (Å²) >= 11 is 3.41. The molecule has 0 saturated carbocycles. The number of nitrogens with two attached hydrogens (primary N) is 1. The van der Waals surface area contributed by atoms with Gasteiger partial charge >= 0.3 is 0 Å². The first kappa shape index (κ1) is 11.0. The molecular formula is C10H12BrNO2. The van der Waals surface area contributed by atoms with Crippen molar-refractivity contribution in [1.29, 1.82) is 0 Å². The summed E-state index contributed by atoms with van der Waals surface area (Å²) in [6.07, 6.45) is 2.55. The molecule has 1 amide bonds. The van der Waals surface area contributed by atoms with Gasteiger partial charge in [-0.2, -0.15) is 0 Å². The fraction of sp³-hybridized carbons (Fsp3) is 0.300. The quantitative estimate of drug-likeness (QED) is 0.722. The van der Waals surface area contributed by atoms with Gasteiger partial charge in [0.25, 0.3) is 0 Å². The summed E-state index contributed by atoms with van der Waals surface area (Å²) in [6.45, 7) is 0.865. The predicted molar refractivity (Wildman–Crippen MR) is 58.2 cm³/mol. The zero-order valence-electron chi connectivity index (χ0n) is 7.70. The van der Waals surface area contributed by atoms with Crippen LogP contribution in [0, 0.1) is 0 Å². The molecule has 3 nitrogen and oxygen atoms in total. The molecular weight excluding hydrogens is 246 g/mol. The van der Waals surface area contributed by atoms with Crippen LogP contribution in [0.2, 0.25) is 0 Å². The second-order valence-corrected chi connectivity index (χ2v) is 3.76. The van der Waals surface area contributed by atoms with E-state index in [1.807, 2.05) is 6.07 Å². The Labute approximate surface area is 91.4 Å². The molecule has 0 aromatic heterocycles. The lowest BCUT2D eigenvalue weighted by atomic mass is 10.1. The van der Waals surface area contributed by atoms with Crippen LogP contribution >= 0.6 is 15.9 Å². The zero-order valence-corrected chi connectivity index (χ0v) is 9.29. The number of hydrogen-bond acceptors (Lipinski definition) is 2. The number of fused-ring (bicyclic) bond motifs is 1. The Morgan fingerprint density at radius 2 is 2.21 bits per heavy atom. The van der Waals surface area contributed by atoms with Crippen molar-refractivity contribution < 1.29 is 9.53 Å². The summed E-state index contributed by atoms with van der Waals surface area (Å²) < 4.78 is 6.57. The topological polar surface area (TPSA) is 52.3 Å². The Morgan fingerprint density at radius 1 is 1.50 bits per heavy atom. The lowest BCUT2D eigenvalue weighted by molar-refractivity contribution is -0.106. The summed E-state index contributed by atoms with van der Waals surface area (Å²) in [7, 11) is 0. The predicted octanol–water partition coefficient (Wildman–Crippen LogP) is 1.88. The van der Waals surface area contributed by atoms with Crippen LogP contribution in [0.4, 0.5) is 0 Å². The van der Waals surface area contributed by atoms with Crippen LogP contribution in [0.5, 0.6) is 5.75 Å². The van der Waals surface area contributed by atoms with Gasteiger partial charge in [-0.3, -0.25) is 4.79 Å². The van der Waals surface area contributed by atoms with E-state index < -0.39 is 0 Å². The first-order chi connectivity index (χ1) is 6.77. The Morgan fingerprint density at radius 3 is 2.93 bits per heavy atom. The first-order valence-corrected chi connectivity index (χ1v) is 5.14. The van der Waals surface area contributed by atoms with Crippen LogP contribution in [-0.2, 0) is 11.2 Å². The molecule has 2 N–H and O–H groups in total. The number of primary amides is 1. The van der Waals surface area contributed by atoms with Crippen molar-refractivity contribution >= 4 is 22.3 Å². The highest BCUT2D eigenvalue weighted by molar-refractivity contribution is 9.10. The van der Waals surface area contributed by atoms with Gasteiger partial charge in [-0.25, -0.2) is 0 Å². The molecule has 4 heteroatoms. The minimum atomic E-state index is 0.250. The Balaban J connectivity index is 0.000000293. The van der Waals surface area contributed by atoms with E-state index in [2.05, 4.69) is 33.8 Å². The average molecular weight is 258 g/mol. The van der Waals surface area contributed by atoms with Gasteiger partial charge in [0.2, 0.25) is 6.41 Å². The molecule has 2 rings (SSSR count). The lowest BCUT2D eigenvalue weighted by Gasteiger charge is -2.16. The lowest BCUT2D eigenvalue weighted by Crippen LogP contribution is -2.07. The molecule has 1 aliphatic rings. The monoisotopic (exact) mass is 257 g/mol. The summed E-state index contributed by atoms with van der Waals surface area (Å²) in [5.74, 6) is 1.05. The molecule has 1 aromatic carbocycles. The SMILES string of the molecule is Brc1ccc2c(c1)OCCC2.NC=O. The van der Waals surface area contributed by atoms with Gasteiger partial charge in [0.15, 0.2) is 0 Å². The zero-order chi connectivity index (χ0) is 10.4. The molecule has 1 heterocycles. The molecule has 0 aliphatic carbocycles. The molecule has 0 saturated heterocycles. The molecule has 0 spiro atoms. The van der Waals surface area contributed by atoms with E-state index in [9.17, 15) is 0 Å². The summed E-state index contributed by atoms with van der Waals surface area (Å²) in [5, 5.41) is 0. The maximum atomic E-state index is 8.58. The fourth-order valence-electron chi connectivity index (χ4n) is 1.31. The fourth-order valence-corrected chi connectivity index (χ4v) is 1.65. The Hall–Kier alpha value is -1.03. The van der Waals surface area contributed by atoms with Crippen LogP contribution in [-0.4, -0.2) is 13.0 Å². The van der Waals surface area contributed by atoms with E-state index in [0.717, 1.165) is 29.7 Å². The molecule has 14 heavy (non-hydrogen) atoms. The molecule has 0 radical (unpaired) electrons. The van der Waals surface area contributed by atoms with E-state index in [0.29, 0.717) is 0 Å².